The van der Waals surface area contributed by atoms with Gasteiger partial charge in [-0.15, -0.1) is 0 Å². The summed E-state index contributed by atoms with van der Waals surface area (Å²) in [4.78, 5) is 21.1. The molecule has 4 rings (SSSR count). The molecule has 0 aliphatic heterocycles. The average Bonchev–Trinajstić information content (AvgIpc) is 3.20. The molecule has 4 aromatic rings. The fourth-order valence-corrected chi connectivity index (χ4v) is 3.04. The number of para-hydroxylation sites is 1. The third-order valence-electron chi connectivity index (χ3n) is 4.22. The van der Waals surface area contributed by atoms with Crippen molar-refractivity contribution < 1.29 is 17.6 Å². The van der Waals surface area contributed by atoms with Crippen LogP contribution in [0.25, 0.3) is 28.2 Å². The van der Waals surface area contributed by atoms with Gasteiger partial charge in [-0.05, 0) is 24.3 Å². The van der Waals surface area contributed by atoms with Crippen molar-refractivity contribution in [3.05, 3.63) is 71.0 Å². The quantitative estimate of drug-likeness (QED) is 0.574. The fraction of sp³-hybridized carbons (Fsp3) is 0.105. The summed E-state index contributed by atoms with van der Waals surface area (Å²) in [6.07, 6.45) is -1.95. The lowest BCUT2D eigenvalue weighted by Crippen LogP contribution is -2.24. The fourth-order valence-electron chi connectivity index (χ4n) is 3.04. The van der Waals surface area contributed by atoms with E-state index in [-0.39, 0.29) is 22.8 Å². The van der Waals surface area contributed by atoms with Crippen LogP contribution in [0.3, 0.4) is 0 Å². The van der Waals surface area contributed by atoms with Gasteiger partial charge >= 0.3 is 6.18 Å². The molecule has 0 spiro atoms. The Kier molecular flexibility index (Phi) is 4.14. The maximum absolute atomic E-state index is 13.3. The minimum Gasteiger partial charge on any atom is -0.444 e. The van der Waals surface area contributed by atoms with Crippen LogP contribution in [0.4, 0.5) is 18.9 Å². The molecule has 0 unspecified atom stereocenters. The number of fused-ring (bicyclic) bond motifs is 1. The number of hydrogen-bond acceptors (Lipinski definition) is 5. The molecule has 3 heterocycles. The Morgan fingerprint density at radius 2 is 1.86 bits per heavy atom. The van der Waals surface area contributed by atoms with E-state index >= 15 is 0 Å². The number of benzene rings is 1. The number of nitrogens with one attached hydrogen (secondary N) is 1. The average molecular weight is 386 g/mol. The number of oxazole rings is 1. The van der Waals surface area contributed by atoms with Gasteiger partial charge in [0.2, 0.25) is 5.89 Å². The smallest absolute Gasteiger partial charge is 0.433 e. The molecule has 3 aromatic heterocycles. The normalized spacial score (nSPS) is 11.7. The highest BCUT2D eigenvalue weighted by molar-refractivity contribution is 5.97. The lowest BCUT2D eigenvalue weighted by Gasteiger charge is -2.17. The molecule has 0 radical (unpaired) electrons. The molecule has 28 heavy (non-hydrogen) atoms. The Morgan fingerprint density at radius 3 is 2.46 bits per heavy atom. The number of halogens is 3. The maximum atomic E-state index is 13.3. The van der Waals surface area contributed by atoms with Crippen molar-refractivity contribution in [3.8, 4) is 17.1 Å². The van der Waals surface area contributed by atoms with Crippen LogP contribution in [0.5, 0.6) is 0 Å². The minimum absolute atomic E-state index is 0.0563. The van der Waals surface area contributed by atoms with E-state index in [1.54, 1.807) is 37.4 Å². The summed E-state index contributed by atoms with van der Waals surface area (Å²) in [6, 6.07) is 10.5. The number of nitrogens with zero attached hydrogens (tertiary/aromatic N) is 3. The molecular weight excluding hydrogens is 373 g/mol. The van der Waals surface area contributed by atoms with Gasteiger partial charge in [0.25, 0.3) is 5.56 Å². The Labute approximate surface area is 156 Å². The monoisotopic (exact) mass is 386 g/mol. The van der Waals surface area contributed by atoms with E-state index in [2.05, 4.69) is 15.3 Å². The van der Waals surface area contributed by atoms with E-state index in [1.807, 2.05) is 0 Å². The summed E-state index contributed by atoms with van der Waals surface area (Å²) < 4.78 is 46.2. The van der Waals surface area contributed by atoms with Gasteiger partial charge in [-0.2, -0.15) is 13.2 Å². The van der Waals surface area contributed by atoms with E-state index < -0.39 is 17.4 Å². The molecule has 6 nitrogen and oxygen atoms in total. The maximum Gasteiger partial charge on any atom is 0.433 e. The number of rotatable bonds is 3. The van der Waals surface area contributed by atoms with Crippen LogP contribution >= 0.6 is 0 Å². The van der Waals surface area contributed by atoms with Crippen molar-refractivity contribution >= 4 is 16.7 Å². The first-order chi connectivity index (χ1) is 13.4. The largest absolute Gasteiger partial charge is 0.444 e. The first-order valence-electron chi connectivity index (χ1n) is 8.22. The van der Waals surface area contributed by atoms with Gasteiger partial charge in [0.15, 0.2) is 0 Å². The second-order valence-corrected chi connectivity index (χ2v) is 5.88. The molecule has 9 heteroatoms. The van der Waals surface area contributed by atoms with Crippen LogP contribution in [0.15, 0.2) is 64.1 Å². The van der Waals surface area contributed by atoms with Crippen molar-refractivity contribution in [3.63, 3.8) is 0 Å². The molecule has 0 aliphatic rings. The molecule has 0 saturated carbocycles. The predicted octanol–water partition coefficient (Wildman–Crippen LogP) is 4.10. The zero-order valence-electron chi connectivity index (χ0n) is 14.5. The van der Waals surface area contributed by atoms with Crippen molar-refractivity contribution in [1.82, 2.24) is 14.5 Å². The first-order valence-corrected chi connectivity index (χ1v) is 8.22. The second-order valence-electron chi connectivity index (χ2n) is 5.88. The number of alkyl halides is 3. The summed E-state index contributed by atoms with van der Waals surface area (Å²) >= 11 is 0. The Hall–Kier alpha value is -3.62. The SMILES string of the molecule is CNc1c(-c2ncco2)c(=O)n(-c2ccccc2)c2nc(C(F)(F)F)ccc12. The van der Waals surface area contributed by atoms with E-state index in [4.69, 9.17) is 4.42 Å². The lowest BCUT2D eigenvalue weighted by atomic mass is 10.1. The molecule has 1 aromatic carbocycles. The Balaban J connectivity index is 2.20. The highest BCUT2D eigenvalue weighted by atomic mass is 19.4. The second kappa shape index (κ2) is 6.52. The van der Waals surface area contributed by atoms with E-state index in [0.717, 1.165) is 10.6 Å². The summed E-state index contributed by atoms with van der Waals surface area (Å²) in [5.74, 6) is 0.0563. The summed E-state index contributed by atoms with van der Waals surface area (Å²) in [5, 5.41) is 3.20. The third-order valence-corrected chi connectivity index (χ3v) is 4.22. The standard InChI is InChI=1S/C19H13F3N4O2/c1-23-15-12-7-8-13(19(20,21)22)25-16(12)26(11-5-3-2-4-6-11)18(27)14(15)17-24-9-10-28-17/h2-10,23H,1H3. The van der Waals surface area contributed by atoms with Crippen molar-refractivity contribution in [2.75, 3.05) is 12.4 Å². The minimum atomic E-state index is -4.65. The number of aromatic nitrogens is 3. The van der Waals surface area contributed by atoms with Gasteiger partial charge in [0.1, 0.15) is 23.2 Å². The Morgan fingerprint density at radius 1 is 1.11 bits per heavy atom. The number of hydrogen-bond donors (Lipinski definition) is 1. The van der Waals surface area contributed by atoms with Crippen LogP contribution in [-0.2, 0) is 6.18 Å². The van der Waals surface area contributed by atoms with Crippen LogP contribution in [0.2, 0.25) is 0 Å². The van der Waals surface area contributed by atoms with E-state index in [0.29, 0.717) is 11.1 Å². The molecule has 0 bridgehead atoms. The summed E-state index contributed by atoms with van der Waals surface area (Å²) in [7, 11) is 1.56. The van der Waals surface area contributed by atoms with Gasteiger partial charge in [0, 0.05) is 12.4 Å². The van der Waals surface area contributed by atoms with Crippen molar-refractivity contribution in [1.29, 1.82) is 0 Å². The van der Waals surface area contributed by atoms with Crippen LogP contribution in [0.1, 0.15) is 5.69 Å². The van der Waals surface area contributed by atoms with Crippen molar-refractivity contribution in [2.45, 2.75) is 6.18 Å². The molecule has 0 amide bonds. The summed E-state index contributed by atoms with van der Waals surface area (Å²) in [5.41, 5.74) is -1.04. The van der Waals surface area contributed by atoms with Crippen LogP contribution < -0.4 is 10.9 Å². The molecule has 0 saturated heterocycles. The molecule has 1 N–H and O–H groups in total. The first kappa shape index (κ1) is 17.8. The van der Waals surface area contributed by atoms with Gasteiger partial charge in [-0.25, -0.2) is 9.97 Å². The van der Waals surface area contributed by atoms with Gasteiger partial charge < -0.3 is 9.73 Å². The van der Waals surface area contributed by atoms with E-state index in [1.165, 1.54) is 18.5 Å². The number of anilines is 1. The van der Waals surface area contributed by atoms with Gasteiger partial charge in [-0.1, -0.05) is 18.2 Å². The zero-order chi connectivity index (χ0) is 19.9. The number of pyridine rings is 2. The Bertz CT molecular complexity index is 1200. The van der Waals surface area contributed by atoms with E-state index in [9.17, 15) is 18.0 Å². The molecule has 0 aliphatic carbocycles. The van der Waals surface area contributed by atoms with Crippen LogP contribution in [0, 0.1) is 0 Å². The van der Waals surface area contributed by atoms with Gasteiger partial charge in [0.05, 0.1) is 17.6 Å². The topological polar surface area (TPSA) is 73.0 Å². The lowest BCUT2D eigenvalue weighted by molar-refractivity contribution is -0.141. The van der Waals surface area contributed by atoms with Crippen LogP contribution in [-0.4, -0.2) is 21.6 Å². The highest BCUT2D eigenvalue weighted by Crippen LogP contribution is 2.34. The summed E-state index contributed by atoms with van der Waals surface area (Å²) in [6.45, 7) is 0. The van der Waals surface area contributed by atoms with Gasteiger partial charge in [-0.3, -0.25) is 9.36 Å². The molecule has 0 fully saturated rings. The van der Waals surface area contributed by atoms with Crippen molar-refractivity contribution in [2.24, 2.45) is 0 Å². The molecular formula is C19H13F3N4O2. The highest BCUT2D eigenvalue weighted by Gasteiger charge is 2.33. The molecule has 0 atom stereocenters. The third kappa shape index (κ3) is 2.81. The molecule has 142 valence electrons. The predicted molar refractivity (Wildman–Crippen MR) is 97.4 cm³/mol. The zero-order valence-corrected chi connectivity index (χ0v) is 14.5.